The predicted molar refractivity (Wildman–Crippen MR) is 69.1 cm³/mol. The Morgan fingerprint density at radius 3 is 2.00 bits per heavy atom. The van der Waals surface area contributed by atoms with E-state index < -0.39 is 11.9 Å². The minimum absolute atomic E-state index is 0.0150. The number of benzene rings is 1. The minimum atomic E-state index is -1.27. The van der Waals surface area contributed by atoms with Crippen LogP contribution in [0.5, 0.6) is 5.75 Å². The molecule has 7 heteroatoms. The van der Waals surface area contributed by atoms with Crippen LogP contribution in [0.4, 0.5) is 0 Å². The van der Waals surface area contributed by atoms with E-state index in [1.54, 1.807) is 13.8 Å². The van der Waals surface area contributed by atoms with Gasteiger partial charge < -0.3 is 20.3 Å². The molecule has 0 heterocycles. The first-order valence-corrected chi connectivity index (χ1v) is 5.83. The van der Waals surface area contributed by atoms with Crippen LogP contribution >= 0.6 is 0 Å². The van der Waals surface area contributed by atoms with Crippen molar-refractivity contribution in [1.82, 2.24) is 5.32 Å². The van der Waals surface area contributed by atoms with Crippen LogP contribution in [0.2, 0.25) is 0 Å². The molecule has 0 aromatic heterocycles. The Kier molecular flexibility index (Phi) is 5.08. The first-order chi connectivity index (χ1) is 9.29. The van der Waals surface area contributed by atoms with Gasteiger partial charge in [-0.2, -0.15) is 0 Å². The Labute approximate surface area is 115 Å². The third-order valence-corrected chi connectivity index (χ3v) is 2.22. The summed E-state index contributed by atoms with van der Waals surface area (Å²) in [7, 11) is 0. The predicted octanol–water partition coefficient (Wildman–Crippen LogP) is 0.986. The number of carboxylic acid groups (broad SMARTS) is 2. The van der Waals surface area contributed by atoms with Crippen LogP contribution in [-0.4, -0.2) is 40.7 Å². The van der Waals surface area contributed by atoms with Gasteiger partial charge in [-0.3, -0.25) is 4.79 Å². The van der Waals surface area contributed by atoms with Crippen LogP contribution in [0.25, 0.3) is 0 Å². The highest BCUT2D eigenvalue weighted by atomic mass is 16.5. The Morgan fingerprint density at radius 1 is 1.10 bits per heavy atom. The molecule has 0 radical (unpaired) electrons. The molecule has 0 atom stereocenters. The van der Waals surface area contributed by atoms with Crippen molar-refractivity contribution in [2.24, 2.45) is 0 Å². The first-order valence-electron chi connectivity index (χ1n) is 5.83. The second kappa shape index (κ2) is 6.55. The van der Waals surface area contributed by atoms with Crippen LogP contribution in [-0.2, 0) is 4.79 Å². The third kappa shape index (κ3) is 4.60. The molecule has 1 rings (SSSR count). The molecule has 108 valence electrons. The van der Waals surface area contributed by atoms with Gasteiger partial charge in [0.15, 0.2) is 6.61 Å². The second-order valence-corrected chi connectivity index (χ2v) is 4.37. The number of ether oxygens (including phenoxy) is 1. The molecule has 0 bridgehead atoms. The number of rotatable bonds is 6. The van der Waals surface area contributed by atoms with Crippen molar-refractivity contribution in [1.29, 1.82) is 0 Å². The van der Waals surface area contributed by atoms with Gasteiger partial charge >= 0.3 is 11.9 Å². The quantitative estimate of drug-likeness (QED) is 0.716. The topological polar surface area (TPSA) is 113 Å². The van der Waals surface area contributed by atoms with Crippen LogP contribution in [0.3, 0.4) is 0 Å². The molecule has 0 fully saturated rings. The van der Waals surface area contributed by atoms with E-state index in [2.05, 4.69) is 5.32 Å². The van der Waals surface area contributed by atoms with Crippen molar-refractivity contribution >= 4 is 17.8 Å². The fourth-order valence-corrected chi connectivity index (χ4v) is 1.44. The molecule has 0 saturated carbocycles. The first kappa shape index (κ1) is 15.5. The van der Waals surface area contributed by atoms with Gasteiger partial charge in [0.25, 0.3) is 5.91 Å². The van der Waals surface area contributed by atoms with E-state index in [4.69, 9.17) is 14.9 Å². The van der Waals surface area contributed by atoms with Crippen molar-refractivity contribution in [2.75, 3.05) is 6.61 Å². The molecule has 7 nitrogen and oxygen atoms in total. The Balaban J connectivity index is 2.86. The summed E-state index contributed by atoms with van der Waals surface area (Å²) in [6.45, 7) is 3.25. The van der Waals surface area contributed by atoms with E-state index in [1.165, 1.54) is 0 Å². The lowest BCUT2D eigenvalue weighted by atomic mass is 10.1. The molecule has 3 N–H and O–H groups in total. The summed E-state index contributed by atoms with van der Waals surface area (Å²) in [5, 5.41) is 20.4. The zero-order chi connectivity index (χ0) is 15.3. The molecule has 0 unspecified atom stereocenters. The van der Waals surface area contributed by atoms with Crippen molar-refractivity contribution in [3.63, 3.8) is 0 Å². The summed E-state index contributed by atoms with van der Waals surface area (Å²) in [6.07, 6.45) is 0. The largest absolute Gasteiger partial charge is 0.484 e. The highest BCUT2D eigenvalue weighted by molar-refractivity contribution is 5.94. The minimum Gasteiger partial charge on any atom is -0.484 e. The molecule has 0 aliphatic carbocycles. The summed E-state index contributed by atoms with van der Waals surface area (Å²) in [6, 6.07) is 3.30. The molecule has 20 heavy (non-hydrogen) atoms. The third-order valence-electron chi connectivity index (χ3n) is 2.22. The van der Waals surface area contributed by atoms with Crippen molar-refractivity contribution in [2.45, 2.75) is 19.9 Å². The molecule has 0 saturated heterocycles. The fourth-order valence-electron chi connectivity index (χ4n) is 1.44. The number of amides is 1. The molecular formula is C13H15NO6. The monoisotopic (exact) mass is 281 g/mol. The average molecular weight is 281 g/mol. The van der Waals surface area contributed by atoms with Gasteiger partial charge in [-0.25, -0.2) is 9.59 Å². The molecule has 1 amide bonds. The standard InChI is InChI=1S/C13H15NO6/c1-7(2)14-11(15)6-20-10-4-8(12(16)17)3-9(5-10)13(18)19/h3-5,7H,6H2,1-2H3,(H,14,15)(H,16,17)(H,18,19). The smallest absolute Gasteiger partial charge is 0.335 e. The fraction of sp³-hybridized carbons (Fsp3) is 0.308. The molecule has 1 aromatic carbocycles. The summed E-state index contributed by atoms with van der Waals surface area (Å²) in [5.74, 6) is -2.91. The number of aromatic carboxylic acids is 2. The van der Waals surface area contributed by atoms with Crippen LogP contribution in [0, 0.1) is 0 Å². The average Bonchev–Trinajstić information content (AvgIpc) is 2.35. The second-order valence-electron chi connectivity index (χ2n) is 4.37. The lowest BCUT2D eigenvalue weighted by Gasteiger charge is -2.10. The maximum absolute atomic E-state index is 11.4. The summed E-state index contributed by atoms with van der Waals surface area (Å²) in [4.78, 5) is 33.2. The number of hydrogen-bond acceptors (Lipinski definition) is 4. The van der Waals surface area contributed by atoms with Gasteiger partial charge in [0.05, 0.1) is 11.1 Å². The van der Waals surface area contributed by atoms with Crippen molar-refractivity contribution < 1.29 is 29.3 Å². The van der Waals surface area contributed by atoms with Crippen molar-refractivity contribution in [3.8, 4) is 5.75 Å². The van der Waals surface area contributed by atoms with E-state index >= 15 is 0 Å². The Hall–Kier alpha value is -2.57. The zero-order valence-corrected chi connectivity index (χ0v) is 11.0. The summed E-state index contributed by atoms with van der Waals surface area (Å²) in [5.41, 5.74) is -0.437. The van der Waals surface area contributed by atoms with Crippen LogP contribution in [0.15, 0.2) is 18.2 Å². The van der Waals surface area contributed by atoms with Gasteiger partial charge in [0, 0.05) is 6.04 Å². The van der Waals surface area contributed by atoms with E-state index in [1.807, 2.05) is 0 Å². The van der Waals surface area contributed by atoms with E-state index in [-0.39, 0.29) is 35.4 Å². The molecule has 1 aromatic rings. The highest BCUT2D eigenvalue weighted by Gasteiger charge is 2.13. The number of nitrogens with one attached hydrogen (secondary N) is 1. The van der Waals surface area contributed by atoms with Gasteiger partial charge in [-0.05, 0) is 32.0 Å². The van der Waals surface area contributed by atoms with Gasteiger partial charge in [0.2, 0.25) is 0 Å². The van der Waals surface area contributed by atoms with Crippen molar-refractivity contribution in [3.05, 3.63) is 29.3 Å². The zero-order valence-electron chi connectivity index (χ0n) is 11.0. The molecule has 0 aliphatic heterocycles. The lowest BCUT2D eigenvalue weighted by Crippen LogP contribution is -2.34. The van der Waals surface area contributed by atoms with Crippen LogP contribution in [0.1, 0.15) is 34.6 Å². The molecular weight excluding hydrogens is 266 g/mol. The maximum atomic E-state index is 11.4. The van der Waals surface area contributed by atoms with Gasteiger partial charge in [0.1, 0.15) is 5.75 Å². The number of carboxylic acids is 2. The number of carbonyl (C=O) groups is 3. The molecule has 0 aliphatic rings. The number of carbonyl (C=O) groups excluding carboxylic acids is 1. The normalized spacial score (nSPS) is 10.2. The Morgan fingerprint density at radius 2 is 1.60 bits per heavy atom. The van der Waals surface area contributed by atoms with E-state index in [9.17, 15) is 14.4 Å². The highest BCUT2D eigenvalue weighted by Crippen LogP contribution is 2.17. The van der Waals surface area contributed by atoms with Crippen LogP contribution < -0.4 is 10.1 Å². The summed E-state index contributed by atoms with van der Waals surface area (Å²) < 4.78 is 5.11. The van der Waals surface area contributed by atoms with E-state index in [0.29, 0.717) is 0 Å². The van der Waals surface area contributed by atoms with Gasteiger partial charge in [-0.15, -0.1) is 0 Å². The molecule has 0 spiro atoms. The Bertz CT molecular complexity index is 505. The van der Waals surface area contributed by atoms with E-state index in [0.717, 1.165) is 18.2 Å². The summed E-state index contributed by atoms with van der Waals surface area (Å²) >= 11 is 0. The van der Waals surface area contributed by atoms with Gasteiger partial charge in [-0.1, -0.05) is 0 Å². The maximum Gasteiger partial charge on any atom is 0.335 e. The number of hydrogen-bond donors (Lipinski definition) is 3. The lowest BCUT2D eigenvalue weighted by molar-refractivity contribution is -0.123. The SMILES string of the molecule is CC(C)NC(=O)COc1cc(C(=O)O)cc(C(=O)O)c1.